The average molecular weight is 862 g/mol. The first-order chi connectivity index (χ1) is 29.1. The van der Waals surface area contributed by atoms with Gasteiger partial charge >= 0.3 is 0 Å². The number of rotatable bonds is 18. The quantitative estimate of drug-likeness (QED) is 0.0724. The number of fused-ring (bicyclic) bond motifs is 1. The largest absolute Gasteiger partial charge is 0.487 e. The van der Waals surface area contributed by atoms with E-state index in [1.165, 1.54) is 22.3 Å². The summed E-state index contributed by atoms with van der Waals surface area (Å²) >= 11 is 7.43. The molecule has 1 unspecified atom stereocenters. The number of nitrogens with one attached hydrogen (secondary N) is 4. The molecule has 1 atom stereocenters. The van der Waals surface area contributed by atoms with Crippen LogP contribution in [0.5, 0.6) is 5.75 Å². The van der Waals surface area contributed by atoms with Gasteiger partial charge in [-0.25, -0.2) is 14.4 Å². The van der Waals surface area contributed by atoms with Crippen molar-refractivity contribution in [2.45, 2.75) is 70.1 Å². The molecule has 15 nitrogen and oxygen atoms in total. The monoisotopic (exact) mass is 861 g/mol. The van der Waals surface area contributed by atoms with Gasteiger partial charge in [-0.1, -0.05) is 29.8 Å². The van der Waals surface area contributed by atoms with Crippen molar-refractivity contribution in [2.24, 2.45) is 5.41 Å². The maximum absolute atomic E-state index is 14.6. The highest BCUT2D eigenvalue weighted by molar-refractivity contribution is 7.13. The van der Waals surface area contributed by atoms with Gasteiger partial charge in [0.1, 0.15) is 11.9 Å². The first-order valence-corrected chi connectivity index (χ1v) is 21.1. The van der Waals surface area contributed by atoms with Crippen molar-refractivity contribution in [3.63, 3.8) is 0 Å². The fourth-order valence-electron chi connectivity index (χ4n) is 7.72. The van der Waals surface area contributed by atoms with Gasteiger partial charge in [0.25, 0.3) is 5.91 Å². The number of carbonyl (C=O) groups is 5. The smallest absolute Gasteiger partial charge is 0.255 e. The predicted octanol–water partition coefficient (Wildman–Crippen LogP) is 5.56. The SMILES string of the molecule is O=C1CCC(N2Cc3c(NC(=O)CCOCCOCCNC(=O)[C@]4(Cc5cccc(Nc6nccs6)n5)CC[C@@H](Oc5cccc(Cl)c5F)CC4)cccc3C2=O)C(=O)N1. The van der Waals surface area contributed by atoms with E-state index in [2.05, 4.69) is 26.3 Å². The van der Waals surface area contributed by atoms with Crippen molar-refractivity contribution in [2.75, 3.05) is 43.6 Å². The molecule has 4 N–H and O–H groups in total. The molecule has 60 heavy (non-hydrogen) atoms. The van der Waals surface area contributed by atoms with E-state index in [-0.39, 0.29) is 99.3 Å². The molecular formula is C42H45ClFN7O8S. The third kappa shape index (κ3) is 10.4. The van der Waals surface area contributed by atoms with Gasteiger partial charge in [-0.15, -0.1) is 11.3 Å². The molecule has 2 aliphatic heterocycles. The van der Waals surface area contributed by atoms with Crippen molar-refractivity contribution in [3.05, 3.63) is 93.8 Å². The van der Waals surface area contributed by atoms with Gasteiger partial charge < -0.3 is 35.1 Å². The van der Waals surface area contributed by atoms with Crippen LogP contribution in [0.3, 0.4) is 0 Å². The Kier molecular flexibility index (Phi) is 14.0. The van der Waals surface area contributed by atoms with E-state index in [4.69, 9.17) is 30.8 Å². The Morgan fingerprint density at radius 1 is 0.983 bits per heavy atom. The average Bonchev–Trinajstić information content (AvgIpc) is 3.87. The summed E-state index contributed by atoms with van der Waals surface area (Å²) in [5.41, 5.74) is 1.46. The van der Waals surface area contributed by atoms with Crippen molar-refractivity contribution in [1.82, 2.24) is 25.5 Å². The van der Waals surface area contributed by atoms with E-state index in [1.807, 2.05) is 23.6 Å². The maximum Gasteiger partial charge on any atom is 0.255 e. The summed E-state index contributed by atoms with van der Waals surface area (Å²) in [5.74, 6) is -1.50. The molecule has 2 aromatic heterocycles. The van der Waals surface area contributed by atoms with Crippen molar-refractivity contribution < 1.29 is 42.6 Å². The maximum atomic E-state index is 14.6. The van der Waals surface area contributed by atoms with Crippen LogP contribution in [0.4, 0.5) is 21.0 Å². The highest BCUT2D eigenvalue weighted by Gasteiger charge is 2.43. The third-order valence-electron chi connectivity index (χ3n) is 10.8. The van der Waals surface area contributed by atoms with E-state index in [1.54, 1.807) is 36.5 Å². The van der Waals surface area contributed by atoms with Crippen LogP contribution in [0.25, 0.3) is 0 Å². The van der Waals surface area contributed by atoms with Gasteiger partial charge in [-0.2, -0.15) is 0 Å². The summed E-state index contributed by atoms with van der Waals surface area (Å²) in [4.78, 5) is 74.3. The molecule has 0 bridgehead atoms. The summed E-state index contributed by atoms with van der Waals surface area (Å²) in [6, 6.07) is 14.6. The van der Waals surface area contributed by atoms with E-state index in [0.29, 0.717) is 59.9 Å². The number of piperidine rings is 1. The van der Waals surface area contributed by atoms with Crippen molar-refractivity contribution in [1.29, 1.82) is 0 Å². The molecule has 18 heteroatoms. The minimum Gasteiger partial charge on any atom is -0.487 e. The lowest BCUT2D eigenvalue weighted by Crippen LogP contribution is -2.52. The Morgan fingerprint density at radius 2 is 1.77 bits per heavy atom. The second kappa shape index (κ2) is 19.7. The Labute approximate surface area is 354 Å². The van der Waals surface area contributed by atoms with Crippen LogP contribution >= 0.6 is 22.9 Å². The van der Waals surface area contributed by atoms with Crippen LogP contribution in [0.15, 0.2) is 66.2 Å². The molecule has 5 amide bonds. The van der Waals surface area contributed by atoms with Crippen LogP contribution in [0.2, 0.25) is 5.02 Å². The number of carbonyl (C=O) groups excluding carboxylic acids is 5. The summed E-state index contributed by atoms with van der Waals surface area (Å²) in [6.07, 6.45) is 4.30. The van der Waals surface area contributed by atoms with Gasteiger partial charge in [0.05, 0.1) is 49.4 Å². The predicted molar refractivity (Wildman–Crippen MR) is 220 cm³/mol. The van der Waals surface area contributed by atoms with Crippen LogP contribution in [0.1, 0.15) is 66.6 Å². The number of ether oxygens (including phenoxy) is 3. The molecule has 7 rings (SSSR count). The first-order valence-electron chi connectivity index (χ1n) is 19.8. The highest BCUT2D eigenvalue weighted by Crippen LogP contribution is 2.41. The topological polar surface area (TPSA) is 190 Å². The van der Waals surface area contributed by atoms with E-state index >= 15 is 0 Å². The molecule has 3 aliphatic rings. The lowest BCUT2D eigenvalue weighted by atomic mass is 9.69. The molecule has 316 valence electrons. The van der Waals surface area contributed by atoms with Gasteiger partial charge in [0, 0.05) is 60.0 Å². The number of benzene rings is 2. The molecule has 0 radical (unpaired) electrons. The Morgan fingerprint density at radius 3 is 2.55 bits per heavy atom. The van der Waals surface area contributed by atoms with E-state index in [9.17, 15) is 28.4 Å². The molecule has 1 aliphatic carbocycles. The number of aromatic nitrogens is 2. The summed E-state index contributed by atoms with van der Waals surface area (Å²) < 4.78 is 31.9. The van der Waals surface area contributed by atoms with Crippen LogP contribution in [-0.4, -0.2) is 89.5 Å². The second-order valence-corrected chi connectivity index (χ2v) is 16.1. The number of imide groups is 1. The van der Waals surface area contributed by atoms with E-state index in [0.717, 1.165) is 5.69 Å². The molecule has 1 saturated carbocycles. The van der Waals surface area contributed by atoms with Crippen molar-refractivity contribution >= 4 is 69.1 Å². The molecule has 2 aromatic carbocycles. The summed E-state index contributed by atoms with van der Waals surface area (Å²) in [5, 5.41) is 14.0. The molecule has 4 heterocycles. The Hall–Kier alpha value is -5.49. The van der Waals surface area contributed by atoms with Crippen LogP contribution < -0.4 is 26.0 Å². The Balaban J connectivity index is 0.843. The summed E-state index contributed by atoms with van der Waals surface area (Å²) in [6.45, 7) is 1.26. The molecule has 1 saturated heterocycles. The third-order valence-corrected chi connectivity index (χ3v) is 11.8. The second-order valence-electron chi connectivity index (χ2n) is 14.8. The molecule has 4 aromatic rings. The van der Waals surface area contributed by atoms with Crippen molar-refractivity contribution in [3.8, 4) is 5.75 Å². The molecule has 0 spiro atoms. The molecular weight excluding hydrogens is 817 g/mol. The number of thiazole rings is 1. The highest BCUT2D eigenvalue weighted by atomic mass is 35.5. The standard InChI is InChI=1S/C42H45ClFN7O8S/c43-30-6-3-8-33(37(30)44)59-27-12-15-42(16-13-27,24-26-4-1-9-34(47-26)49-41-46-18-23-60-41)40(56)45-17-20-58-22-21-57-19-14-36(53)48-31-7-2-5-28-29(31)25-51(39(28)55)32-10-11-35(52)50-38(32)54/h1-9,18,23,27,32H,10-17,19-22,24-25H2,(H,45,56)(H,48,53)(H,46,47,49)(H,50,52,54)/t27-,32?,42-. The normalized spacial score (nSPS) is 20.0. The van der Waals surface area contributed by atoms with E-state index < -0.39 is 23.2 Å². The summed E-state index contributed by atoms with van der Waals surface area (Å²) in [7, 11) is 0. The molecule has 2 fully saturated rings. The zero-order valence-corrected chi connectivity index (χ0v) is 34.2. The zero-order valence-electron chi connectivity index (χ0n) is 32.7. The zero-order chi connectivity index (χ0) is 42.1. The number of hydrogen-bond donors (Lipinski definition) is 4. The number of halogens is 2. The van der Waals surface area contributed by atoms with Gasteiger partial charge in [0.2, 0.25) is 23.6 Å². The Bertz CT molecular complexity index is 2200. The number of nitrogens with zero attached hydrogens (tertiary/aromatic N) is 3. The fraction of sp³-hybridized carbons (Fsp3) is 0.405. The van der Waals surface area contributed by atoms with Gasteiger partial charge in [-0.05, 0) is 68.5 Å². The van der Waals surface area contributed by atoms with Crippen LogP contribution in [-0.2, 0) is 41.6 Å². The lowest BCUT2D eigenvalue weighted by Gasteiger charge is -2.39. The lowest BCUT2D eigenvalue weighted by molar-refractivity contribution is -0.137. The van der Waals surface area contributed by atoms with Gasteiger partial charge in [-0.3, -0.25) is 29.3 Å². The van der Waals surface area contributed by atoms with Gasteiger partial charge in [0.15, 0.2) is 16.7 Å². The fourth-order valence-corrected chi connectivity index (χ4v) is 8.42. The minimum atomic E-state index is -0.786. The number of hydrogen-bond acceptors (Lipinski definition) is 12. The first kappa shape index (κ1) is 42.6. The number of amides is 5. The number of pyridine rings is 1. The minimum absolute atomic E-state index is 0.0126. The van der Waals surface area contributed by atoms with Crippen LogP contribution in [0, 0.1) is 11.2 Å². The number of anilines is 3.